The van der Waals surface area contributed by atoms with Crippen LogP contribution in [0.3, 0.4) is 0 Å². The fraction of sp³-hybridized carbons (Fsp3) is 0.385. The minimum Gasteiger partial charge on any atom is -0.481 e. The van der Waals surface area contributed by atoms with Crippen molar-refractivity contribution >= 4 is 17.6 Å². The highest BCUT2D eigenvalue weighted by Crippen LogP contribution is 2.39. The average molecular weight is 248 g/mol. The predicted octanol–water partition coefficient (Wildman–Crippen LogP) is 1.07. The largest absolute Gasteiger partial charge is 0.481 e. The van der Waals surface area contributed by atoms with Crippen molar-refractivity contribution < 1.29 is 14.7 Å². The third-order valence-electron chi connectivity index (χ3n) is 3.09. The highest BCUT2D eigenvalue weighted by Gasteiger charge is 2.48. The average Bonchev–Trinajstić information content (AvgIpc) is 3.12. The van der Waals surface area contributed by atoms with E-state index in [1.54, 1.807) is 0 Å². The Bertz CT molecular complexity index is 473. The van der Waals surface area contributed by atoms with Crippen LogP contribution in [0, 0.1) is 11.8 Å². The summed E-state index contributed by atoms with van der Waals surface area (Å²) in [4.78, 5) is 22.6. The fourth-order valence-corrected chi connectivity index (χ4v) is 1.97. The molecule has 1 fully saturated rings. The van der Waals surface area contributed by atoms with E-state index in [4.69, 9.17) is 5.11 Å². The maximum atomic E-state index is 11.9. The number of carbonyl (C=O) groups excluding carboxylic acids is 1. The zero-order valence-corrected chi connectivity index (χ0v) is 10.1. The van der Waals surface area contributed by atoms with E-state index in [0.717, 1.165) is 11.3 Å². The van der Waals surface area contributed by atoms with Crippen molar-refractivity contribution in [3.05, 3.63) is 29.8 Å². The quantitative estimate of drug-likeness (QED) is 0.728. The van der Waals surface area contributed by atoms with Gasteiger partial charge in [0.25, 0.3) is 0 Å². The molecule has 5 nitrogen and oxygen atoms in total. The van der Waals surface area contributed by atoms with Gasteiger partial charge in [-0.05, 0) is 25.1 Å². The Morgan fingerprint density at radius 2 is 2.06 bits per heavy atom. The summed E-state index contributed by atoms with van der Waals surface area (Å²) < 4.78 is 0. The van der Waals surface area contributed by atoms with Crippen LogP contribution in [0.2, 0.25) is 0 Å². The maximum absolute atomic E-state index is 11.9. The van der Waals surface area contributed by atoms with Gasteiger partial charge in [-0.3, -0.25) is 9.59 Å². The third-order valence-corrected chi connectivity index (χ3v) is 3.09. The van der Waals surface area contributed by atoms with Gasteiger partial charge in [0, 0.05) is 12.2 Å². The highest BCUT2D eigenvalue weighted by molar-refractivity contribution is 5.98. The molecule has 0 aliphatic heterocycles. The Labute approximate surface area is 105 Å². The number of carbonyl (C=O) groups is 2. The lowest BCUT2D eigenvalue weighted by molar-refractivity contribution is -0.139. The van der Waals surface area contributed by atoms with Gasteiger partial charge in [-0.2, -0.15) is 0 Å². The van der Waals surface area contributed by atoms with E-state index < -0.39 is 11.9 Å². The molecule has 2 unspecified atom stereocenters. The Kier molecular flexibility index (Phi) is 3.62. The maximum Gasteiger partial charge on any atom is 0.307 e. The van der Waals surface area contributed by atoms with E-state index in [2.05, 4.69) is 10.6 Å². The first-order valence-electron chi connectivity index (χ1n) is 5.89. The summed E-state index contributed by atoms with van der Waals surface area (Å²) in [5.41, 5.74) is 1.73. The summed E-state index contributed by atoms with van der Waals surface area (Å²) >= 11 is 0. The molecule has 2 atom stereocenters. The molecule has 1 amide bonds. The van der Waals surface area contributed by atoms with Gasteiger partial charge in [-0.1, -0.05) is 18.2 Å². The van der Waals surface area contributed by atoms with Gasteiger partial charge in [0.2, 0.25) is 5.91 Å². The second-order valence-corrected chi connectivity index (χ2v) is 4.46. The number of rotatable bonds is 5. The van der Waals surface area contributed by atoms with Crippen molar-refractivity contribution in [2.45, 2.75) is 13.0 Å². The van der Waals surface area contributed by atoms with Gasteiger partial charge >= 0.3 is 5.97 Å². The van der Waals surface area contributed by atoms with Gasteiger partial charge in [0.15, 0.2) is 0 Å². The van der Waals surface area contributed by atoms with Crippen molar-refractivity contribution in [3.63, 3.8) is 0 Å². The molecular formula is C13H16N2O3. The summed E-state index contributed by atoms with van der Waals surface area (Å²) in [6.45, 7) is 0.656. The first kappa shape index (κ1) is 12.6. The molecule has 5 heteroatoms. The van der Waals surface area contributed by atoms with E-state index in [1.807, 2.05) is 31.3 Å². The van der Waals surface area contributed by atoms with Crippen LogP contribution in [-0.2, 0) is 16.1 Å². The summed E-state index contributed by atoms with van der Waals surface area (Å²) in [5, 5.41) is 14.6. The lowest BCUT2D eigenvalue weighted by Crippen LogP contribution is -2.18. The van der Waals surface area contributed by atoms with Gasteiger partial charge in [0.05, 0.1) is 11.8 Å². The number of hydrogen-bond donors (Lipinski definition) is 3. The van der Waals surface area contributed by atoms with Gasteiger partial charge in [-0.25, -0.2) is 0 Å². The first-order valence-corrected chi connectivity index (χ1v) is 5.89. The lowest BCUT2D eigenvalue weighted by atomic mass is 10.1. The molecule has 1 aliphatic rings. The van der Waals surface area contributed by atoms with Crippen LogP contribution >= 0.6 is 0 Å². The molecule has 0 radical (unpaired) electrons. The smallest absolute Gasteiger partial charge is 0.307 e. The van der Waals surface area contributed by atoms with Crippen LogP contribution in [0.1, 0.15) is 12.0 Å². The molecule has 0 spiro atoms. The minimum atomic E-state index is -0.890. The number of hydrogen-bond acceptors (Lipinski definition) is 3. The van der Waals surface area contributed by atoms with E-state index in [9.17, 15) is 9.59 Å². The summed E-state index contributed by atoms with van der Waals surface area (Å²) in [6, 6.07) is 7.49. The molecule has 2 rings (SSSR count). The van der Waals surface area contributed by atoms with E-state index >= 15 is 0 Å². The number of carboxylic acid groups (broad SMARTS) is 1. The highest BCUT2D eigenvalue weighted by atomic mass is 16.4. The number of amides is 1. The van der Waals surface area contributed by atoms with Crippen LogP contribution in [-0.4, -0.2) is 24.0 Å². The standard InChI is InChI=1S/C13H16N2O3/c1-14-7-8-4-2-3-5-11(8)15-12(16)9-6-10(9)13(17)18/h2-5,9-10,14H,6-7H2,1H3,(H,15,16)(H,17,18). The zero-order valence-electron chi connectivity index (χ0n) is 10.1. The fourth-order valence-electron chi connectivity index (χ4n) is 1.97. The predicted molar refractivity (Wildman–Crippen MR) is 67.1 cm³/mol. The topological polar surface area (TPSA) is 78.4 Å². The second kappa shape index (κ2) is 5.18. The van der Waals surface area contributed by atoms with Gasteiger partial charge in [0.1, 0.15) is 0 Å². The molecule has 1 aromatic carbocycles. The zero-order chi connectivity index (χ0) is 13.1. The first-order chi connectivity index (χ1) is 8.63. The van der Waals surface area contributed by atoms with Crippen molar-refractivity contribution in [3.8, 4) is 0 Å². The Morgan fingerprint density at radius 1 is 1.33 bits per heavy atom. The van der Waals surface area contributed by atoms with E-state index in [0.29, 0.717) is 13.0 Å². The van der Waals surface area contributed by atoms with Crippen LogP contribution in [0.15, 0.2) is 24.3 Å². The summed E-state index contributed by atoms with van der Waals surface area (Å²) in [6.07, 6.45) is 0.440. The van der Waals surface area contributed by atoms with Gasteiger partial charge < -0.3 is 15.7 Å². The molecule has 1 aromatic rings. The van der Waals surface area contributed by atoms with Crippen molar-refractivity contribution in [1.82, 2.24) is 5.32 Å². The molecule has 0 heterocycles. The van der Waals surface area contributed by atoms with Crippen molar-refractivity contribution in [2.24, 2.45) is 11.8 Å². The molecule has 0 bridgehead atoms. The van der Waals surface area contributed by atoms with Crippen LogP contribution in [0.4, 0.5) is 5.69 Å². The van der Waals surface area contributed by atoms with Crippen LogP contribution in [0.5, 0.6) is 0 Å². The molecule has 3 N–H and O–H groups in total. The summed E-state index contributed by atoms with van der Waals surface area (Å²) in [5.74, 6) is -1.99. The van der Waals surface area contributed by atoms with Crippen molar-refractivity contribution in [1.29, 1.82) is 0 Å². The second-order valence-electron chi connectivity index (χ2n) is 4.46. The molecule has 0 saturated heterocycles. The van der Waals surface area contributed by atoms with Gasteiger partial charge in [-0.15, -0.1) is 0 Å². The minimum absolute atomic E-state index is 0.203. The van der Waals surface area contributed by atoms with Crippen molar-refractivity contribution in [2.75, 3.05) is 12.4 Å². The molecule has 0 aromatic heterocycles. The van der Waals surface area contributed by atoms with Crippen LogP contribution in [0.25, 0.3) is 0 Å². The Hall–Kier alpha value is -1.88. The normalized spacial score (nSPS) is 21.4. The molecule has 1 aliphatic carbocycles. The Balaban J connectivity index is 2.01. The molecular weight excluding hydrogens is 232 g/mol. The summed E-state index contributed by atoms with van der Waals surface area (Å²) in [7, 11) is 1.83. The number of carboxylic acids is 1. The number of anilines is 1. The van der Waals surface area contributed by atoms with Crippen LogP contribution < -0.4 is 10.6 Å². The lowest BCUT2D eigenvalue weighted by Gasteiger charge is -2.10. The number of nitrogens with one attached hydrogen (secondary N) is 2. The number of para-hydroxylation sites is 1. The Morgan fingerprint density at radius 3 is 2.67 bits per heavy atom. The van der Waals surface area contributed by atoms with E-state index in [1.165, 1.54) is 0 Å². The number of aliphatic carboxylic acids is 1. The molecule has 1 saturated carbocycles. The number of benzene rings is 1. The molecule has 96 valence electrons. The SMILES string of the molecule is CNCc1ccccc1NC(=O)C1CC1C(=O)O. The molecule has 18 heavy (non-hydrogen) atoms. The van der Waals surface area contributed by atoms with E-state index in [-0.39, 0.29) is 11.8 Å². The third kappa shape index (κ3) is 2.68. The monoisotopic (exact) mass is 248 g/mol.